The van der Waals surface area contributed by atoms with Crippen molar-refractivity contribution in [3.63, 3.8) is 0 Å². The predicted octanol–water partition coefficient (Wildman–Crippen LogP) is 12.6. The van der Waals surface area contributed by atoms with Gasteiger partial charge >= 0.3 is 0 Å². The van der Waals surface area contributed by atoms with Crippen LogP contribution in [-0.4, -0.2) is 29.3 Å². The highest BCUT2D eigenvalue weighted by molar-refractivity contribution is 6.11. The van der Waals surface area contributed by atoms with Crippen LogP contribution in [0.15, 0.2) is 140 Å². The number of fused-ring (bicyclic) bond motifs is 6. The molecule has 272 valence electrons. The van der Waals surface area contributed by atoms with E-state index in [0.717, 1.165) is 78.2 Å². The second-order valence-corrected chi connectivity index (χ2v) is 16.1. The third-order valence-electron chi connectivity index (χ3n) is 11.3. The zero-order valence-electron chi connectivity index (χ0n) is 32.5. The standard InChI is InChI=1S/C50H42N6/c1-30-26-31(2)45(32(3)27-30)48-46(33-14-8-7-9-15-33)47(53-54-48)40-23-22-39-37-17-11-12-18-41(37)55(49(39)52-40)35-20-21-38-36-16-10-13-19-42(36)56(43(38)29-35)44-28-34(24-25-51-44)50(4,5)6/h7-29H,1-6H3,(H,53,54). The zero-order valence-corrected chi connectivity index (χ0v) is 32.5. The molecule has 0 fully saturated rings. The first kappa shape index (κ1) is 33.8. The molecule has 56 heavy (non-hydrogen) atoms. The first-order valence-corrected chi connectivity index (χ1v) is 19.3. The molecule has 0 amide bonds. The highest BCUT2D eigenvalue weighted by Gasteiger charge is 2.24. The molecule has 0 unspecified atom stereocenters. The summed E-state index contributed by atoms with van der Waals surface area (Å²) in [6, 6.07) is 47.7. The Bertz CT molecular complexity index is 3130. The van der Waals surface area contributed by atoms with Gasteiger partial charge in [-0.15, -0.1) is 0 Å². The average molecular weight is 727 g/mol. The van der Waals surface area contributed by atoms with Crippen molar-refractivity contribution < 1.29 is 0 Å². The van der Waals surface area contributed by atoms with Crippen molar-refractivity contribution in [2.24, 2.45) is 0 Å². The van der Waals surface area contributed by atoms with Gasteiger partial charge in [-0.05, 0) is 97.0 Å². The van der Waals surface area contributed by atoms with E-state index in [-0.39, 0.29) is 5.41 Å². The Morgan fingerprint density at radius 3 is 1.95 bits per heavy atom. The van der Waals surface area contributed by atoms with Gasteiger partial charge in [-0.2, -0.15) is 5.10 Å². The summed E-state index contributed by atoms with van der Waals surface area (Å²) in [5, 5.41) is 13.1. The molecule has 0 aliphatic heterocycles. The van der Waals surface area contributed by atoms with E-state index in [9.17, 15) is 0 Å². The van der Waals surface area contributed by atoms with Crippen molar-refractivity contribution in [2.45, 2.75) is 47.0 Å². The molecule has 10 rings (SSSR count). The van der Waals surface area contributed by atoms with Gasteiger partial charge in [0.15, 0.2) is 0 Å². The summed E-state index contributed by atoms with van der Waals surface area (Å²) >= 11 is 0. The molecular weight excluding hydrogens is 685 g/mol. The number of pyridine rings is 2. The highest BCUT2D eigenvalue weighted by Crippen LogP contribution is 2.42. The number of nitrogens with zero attached hydrogens (tertiary/aromatic N) is 5. The molecule has 6 nitrogen and oxygen atoms in total. The van der Waals surface area contributed by atoms with Crippen LogP contribution < -0.4 is 0 Å². The average Bonchev–Trinajstić information content (AvgIpc) is 3.87. The number of para-hydroxylation sites is 2. The molecule has 0 saturated heterocycles. The van der Waals surface area contributed by atoms with Crippen molar-refractivity contribution in [3.05, 3.63) is 162 Å². The lowest BCUT2D eigenvalue weighted by Gasteiger charge is -2.20. The number of hydrogen-bond donors (Lipinski definition) is 1. The van der Waals surface area contributed by atoms with Gasteiger partial charge in [-0.25, -0.2) is 9.97 Å². The number of aryl methyl sites for hydroxylation is 3. The van der Waals surface area contributed by atoms with E-state index < -0.39 is 0 Å². The van der Waals surface area contributed by atoms with E-state index in [1.165, 1.54) is 33.0 Å². The summed E-state index contributed by atoms with van der Waals surface area (Å²) in [5.74, 6) is 0.908. The van der Waals surface area contributed by atoms with Crippen LogP contribution in [0.3, 0.4) is 0 Å². The quantitative estimate of drug-likeness (QED) is 0.192. The topological polar surface area (TPSA) is 64.3 Å². The van der Waals surface area contributed by atoms with E-state index >= 15 is 0 Å². The minimum Gasteiger partial charge on any atom is -0.294 e. The van der Waals surface area contributed by atoms with Crippen LogP contribution in [0.4, 0.5) is 0 Å². The highest BCUT2D eigenvalue weighted by atomic mass is 15.1. The lowest BCUT2D eigenvalue weighted by Crippen LogP contribution is -2.12. The maximum Gasteiger partial charge on any atom is 0.146 e. The van der Waals surface area contributed by atoms with Gasteiger partial charge in [0.1, 0.15) is 17.2 Å². The summed E-state index contributed by atoms with van der Waals surface area (Å²) in [7, 11) is 0. The molecule has 0 atom stereocenters. The molecule has 6 heteroatoms. The number of nitrogens with one attached hydrogen (secondary N) is 1. The van der Waals surface area contributed by atoms with Gasteiger partial charge in [-0.1, -0.05) is 111 Å². The molecule has 10 aromatic rings. The van der Waals surface area contributed by atoms with Crippen molar-refractivity contribution in [1.29, 1.82) is 0 Å². The number of benzene rings is 5. The minimum atomic E-state index is -0.0124. The van der Waals surface area contributed by atoms with Crippen LogP contribution in [0.25, 0.3) is 89.0 Å². The van der Waals surface area contributed by atoms with Crippen molar-refractivity contribution >= 4 is 43.7 Å². The third kappa shape index (κ3) is 5.28. The second kappa shape index (κ2) is 12.6. The summed E-state index contributed by atoms with van der Waals surface area (Å²) < 4.78 is 4.62. The predicted molar refractivity (Wildman–Crippen MR) is 232 cm³/mol. The number of H-pyrrole nitrogens is 1. The van der Waals surface area contributed by atoms with Crippen LogP contribution in [-0.2, 0) is 5.41 Å². The van der Waals surface area contributed by atoms with E-state index in [4.69, 9.17) is 15.1 Å². The molecule has 0 bridgehead atoms. The first-order chi connectivity index (χ1) is 27.2. The van der Waals surface area contributed by atoms with Gasteiger partial charge in [0, 0.05) is 44.6 Å². The normalized spacial score (nSPS) is 12.1. The smallest absolute Gasteiger partial charge is 0.146 e. The third-order valence-corrected chi connectivity index (χ3v) is 11.3. The Morgan fingerprint density at radius 2 is 1.21 bits per heavy atom. The van der Waals surface area contributed by atoms with Gasteiger partial charge in [0.05, 0.1) is 27.9 Å². The zero-order chi connectivity index (χ0) is 38.3. The lowest BCUT2D eigenvalue weighted by molar-refractivity contribution is 0.588. The van der Waals surface area contributed by atoms with Crippen LogP contribution in [0, 0.1) is 20.8 Å². The maximum atomic E-state index is 5.53. The lowest BCUT2D eigenvalue weighted by atomic mass is 9.88. The summed E-state index contributed by atoms with van der Waals surface area (Å²) in [4.78, 5) is 10.5. The molecule has 0 spiro atoms. The maximum absolute atomic E-state index is 5.53. The molecule has 5 heterocycles. The Balaban J connectivity index is 1.22. The fraction of sp³-hybridized carbons (Fsp3) is 0.140. The fourth-order valence-electron chi connectivity index (χ4n) is 8.74. The van der Waals surface area contributed by atoms with Crippen LogP contribution in [0.5, 0.6) is 0 Å². The van der Waals surface area contributed by atoms with Gasteiger partial charge < -0.3 is 0 Å². The molecule has 0 aliphatic rings. The number of hydrogen-bond acceptors (Lipinski definition) is 3. The largest absolute Gasteiger partial charge is 0.294 e. The first-order valence-electron chi connectivity index (χ1n) is 19.3. The molecular formula is C50H42N6. The van der Waals surface area contributed by atoms with E-state index in [1.54, 1.807) is 0 Å². The number of rotatable bonds is 5. The van der Waals surface area contributed by atoms with Crippen LogP contribution in [0.1, 0.15) is 43.0 Å². The monoisotopic (exact) mass is 726 g/mol. The SMILES string of the molecule is Cc1cc(C)c(-c2n[nH]c(-c3ccc4c5ccccc5n(-c5ccc6c7ccccc7n(-c7cc(C(C)(C)C)ccn7)c6c5)c4n3)c2-c2ccccc2)c(C)c1. The van der Waals surface area contributed by atoms with Crippen molar-refractivity contribution in [2.75, 3.05) is 0 Å². The second-order valence-electron chi connectivity index (χ2n) is 16.1. The fourth-order valence-corrected chi connectivity index (χ4v) is 8.74. The minimum absolute atomic E-state index is 0.0124. The molecule has 1 N–H and O–H groups in total. The Labute approximate surface area is 326 Å². The molecule has 0 radical (unpaired) electrons. The summed E-state index contributed by atoms with van der Waals surface area (Å²) in [5.41, 5.74) is 16.1. The molecule has 0 aliphatic carbocycles. The van der Waals surface area contributed by atoms with Crippen molar-refractivity contribution in [1.82, 2.24) is 29.3 Å². The van der Waals surface area contributed by atoms with Gasteiger partial charge in [0.25, 0.3) is 0 Å². The summed E-state index contributed by atoms with van der Waals surface area (Å²) in [6.45, 7) is 13.2. The Kier molecular flexibility index (Phi) is 7.62. The number of aromatic amines is 1. The van der Waals surface area contributed by atoms with Crippen LogP contribution >= 0.6 is 0 Å². The van der Waals surface area contributed by atoms with E-state index in [0.29, 0.717) is 0 Å². The van der Waals surface area contributed by atoms with Gasteiger partial charge in [-0.3, -0.25) is 14.2 Å². The molecule has 5 aromatic carbocycles. The molecule has 0 saturated carbocycles. The van der Waals surface area contributed by atoms with Crippen LogP contribution in [0.2, 0.25) is 0 Å². The Hall–Kier alpha value is -6.79. The number of aromatic nitrogens is 6. The van der Waals surface area contributed by atoms with Gasteiger partial charge in [0.2, 0.25) is 0 Å². The van der Waals surface area contributed by atoms with E-state index in [1.807, 2.05) is 6.20 Å². The van der Waals surface area contributed by atoms with E-state index in [2.05, 4.69) is 189 Å². The molecule has 5 aromatic heterocycles. The van der Waals surface area contributed by atoms with Crippen molar-refractivity contribution in [3.8, 4) is 45.3 Å². The Morgan fingerprint density at radius 1 is 0.571 bits per heavy atom. The summed E-state index contributed by atoms with van der Waals surface area (Å²) in [6.07, 6.45) is 1.94.